The fourth-order valence-corrected chi connectivity index (χ4v) is 4.58. The van der Waals surface area contributed by atoms with E-state index in [1.165, 1.54) is 70.6 Å². The lowest BCUT2D eigenvalue weighted by molar-refractivity contribution is 0.143. The molecular formula is C19H33F. The Balaban J connectivity index is 1.65. The van der Waals surface area contributed by atoms with E-state index < -0.39 is 0 Å². The molecule has 2 rings (SSSR count). The van der Waals surface area contributed by atoms with Gasteiger partial charge in [-0.15, -0.1) is 0 Å². The quantitative estimate of drug-likeness (QED) is 0.510. The fourth-order valence-electron chi connectivity index (χ4n) is 4.58. The Morgan fingerprint density at radius 1 is 0.850 bits per heavy atom. The van der Waals surface area contributed by atoms with E-state index in [-0.39, 0.29) is 0 Å². The summed E-state index contributed by atoms with van der Waals surface area (Å²) in [5.41, 5.74) is 0. The molecule has 0 heterocycles. The van der Waals surface area contributed by atoms with Crippen LogP contribution in [0.3, 0.4) is 0 Å². The minimum Gasteiger partial charge on any atom is -0.216 e. The summed E-state index contributed by atoms with van der Waals surface area (Å²) in [7, 11) is 0. The van der Waals surface area contributed by atoms with Gasteiger partial charge in [0, 0.05) is 0 Å². The van der Waals surface area contributed by atoms with E-state index in [1.54, 1.807) is 6.08 Å². The van der Waals surface area contributed by atoms with E-state index in [4.69, 9.17) is 0 Å². The van der Waals surface area contributed by atoms with Gasteiger partial charge in [-0.2, -0.15) is 0 Å². The van der Waals surface area contributed by atoms with Gasteiger partial charge in [0.25, 0.3) is 0 Å². The first-order valence-corrected chi connectivity index (χ1v) is 9.08. The maximum absolute atomic E-state index is 12.1. The molecule has 0 saturated heterocycles. The van der Waals surface area contributed by atoms with E-state index in [0.29, 0.717) is 0 Å². The fraction of sp³-hybridized carbons (Fsp3) is 0.895. The van der Waals surface area contributed by atoms with Crippen LogP contribution >= 0.6 is 0 Å². The van der Waals surface area contributed by atoms with Crippen LogP contribution in [-0.2, 0) is 0 Å². The molecule has 0 radical (unpaired) electrons. The smallest absolute Gasteiger partial charge is 0.0827 e. The molecule has 0 spiro atoms. The van der Waals surface area contributed by atoms with Gasteiger partial charge in [0.05, 0.1) is 6.33 Å². The van der Waals surface area contributed by atoms with Crippen LogP contribution in [0.1, 0.15) is 84.0 Å². The monoisotopic (exact) mass is 280 g/mol. The number of unbranched alkanes of at least 4 members (excludes halogenated alkanes) is 1. The van der Waals surface area contributed by atoms with Crippen molar-refractivity contribution < 1.29 is 4.39 Å². The minimum absolute atomic E-state index is 0.726. The molecule has 0 aliphatic heterocycles. The largest absolute Gasteiger partial charge is 0.216 e. The first kappa shape index (κ1) is 16.0. The molecule has 20 heavy (non-hydrogen) atoms. The van der Waals surface area contributed by atoms with Crippen molar-refractivity contribution in [2.24, 2.45) is 23.7 Å². The number of halogens is 1. The number of allylic oxidation sites excluding steroid dienone is 1. The van der Waals surface area contributed by atoms with Crippen molar-refractivity contribution in [1.29, 1.82) is 0 Å². The van der Waals surface area contributed by atoms with Gasteiger partial charge in [0.2, 0.25) is 0 Å². The standard InChI is InChI=1S/C19H33F/c1-2-3-5-16-7-11-18(12-8-16)19-13-9-17(10-14-19)6-4-15-20/h4,15-19H,2-3,5-14H2,1H3/b15-4+. The summed E-state index contributed by atoms with van der Waals surface area (Å²) in [5, 5.41) is 0. The third-order valence-electron chi connectivity index (χ3n) is 5.97. The van der Waals surface area contributed by atoms with E-state index in [1.807, 2.05) is 0 Å². The van der Waals surface area contributed by atoms with Crippen LogP contribution in [0.5, 0.6) is 0 Å². The number of hydrogen-bond donors (Lipinski definition) is 0. The molecule has 0 bridgehead atoms. The summed E-state index contributed by atoms with van der Waals surface area (Å²) in [6.45, 7) is 2.31. The van der Waals surface area contributed by atoms with Crippen LogP contribution < -0.4 is 0 Å². The van der Waals surface area contributed by atoms with Crippen LogP contribution in [0.2, 0.25) is 0 Å². The summed E-state index contributed by atoms with van der Waals surface area (Å²) in [4.78, 5) is 0. The molecule has 0 amide bonds. The Hall–Kier alpha value is -0.330. The molecule has 1 heteroatoms. The summed E-state index contributed by atoms with van der Waals surface area (Å²) >= 11 is 0. The Morgan fingerprint density at radius 2 is 1.40 bits per heavy atom. The Labute approximate surface area is 125 Å². The lowest BCUT2D eigenvalue weighted by Gasteiger charge is -2.37. The second-order valence-electron chi connectivity index (χ2n) is 7.30. The highest BCUT2D eigenvalue weighted by Crippen LogP contribution is 2.42. The topological polar surface area (TPSA) is 0 Å². The van der Waals surface area contributed by atoms with Crippen LogP contribution in [0.4, 0.5) is 4.39 Å². The molecule has 2 saturated carbocycles. The summed E-state index contributed by atoms with van der Waals surface area (Å²) in [6, 6.07) is 0. The molecule has 2 aliphatic carbocycles. The molecule has 2 fully saturated rings. The zero-order chi connectivity index (χ0) is 14.2. The first-order valence-electron chi connectivity index (χ1n) is 9.08. The summed E-state index contributed by atoms with van der Waals surface area (Å²) in [6.07, 6.45) is 19.2. The molecule has 0 atom stereocenters. The van der Waals surface area contributed by atoms with Crippen LogP contribution in [0.15, 0.2) is 12.4 Å². The van der Waals surface area contributed by atoms with Gasteiger partial charge < -0.3 is 0 Å². The molecule has 0 aromatic rings. The number of hydrogen-bond acceptors (Lipinski definition) is 0. The maximum atomic E-state index is 12.1. The van der Waals surface area contributed by atoms with E-state index in [0.717, 1.165) is 36.4 Å². The van der Waals surface area contributed by atoms with Crippen molar-refractivity contribution in [3.8, 4) is 0 Å². The van der Waals surface area contributed by atoms with E-state index >= 15 is 0 Å². The van der Waals surface area contributed by atoms with Gasteiger partial charge in [0.1, 0.15) is 0 Å². The molecule has 0 nitrogen and oxygen atoms in total. The van der Waals surface area contributed by atoms with Crippen LogP contribution in [0, 0.1) is 23.7 Å². The van der Waals surface area contributed by atoms with Crippen molar-refractivity contribution in [3.05, 3.63) is 12.4 Å². The maximum Gasteiger partial charge on any atom is 0.0827 e. The molecule has 0 aromatic carbocycles. The third-order valence-corrected chi connectivity index (χ3v) is 5.97. The molecular weight excluding hydrogens is 247 g/mol. The van der Waals surface area contributed by atoms with Crippen molar-refractivity contribution in [1.82, 2.24) is 0 Å². The number of rotatable bonds is 6. The second kappa shape index (κ2) is 8.85. The molecule has 0 N–H and O–H groups in total. The van der Waals surface area contributed by atoms with Crippen LogP contribution in [0.25, 0.3) is 0 Å². The highest BCUT2D eigenvalue weighted by molar-refractivity contribution is 4.85. The second-order valence-corrected chi connectivity index (χ2v) is 7.30. The van der Waals surface area contributed by atoms with Crippen molar-refractivity contribution in [3.63, 3.8) is 0 Å². The van der Waals surface area contributed by atoms with Crippen molar-refractivity contribution in [2.45, 2.75) is 84.0 Å². The molecule has 0 aromatic heterocycles. The SMILES string of the molecule is CCCCC1CCC(C2CCC(C/C=C/F)CC2)CC1. The molecule has 116 valence electrons. The summed E-state index contributed by atoms with van der Waals surface area (Å²) < 4.78 is 12.1. The summed E-state index contributed by atoms with van der Waals surface area (Å²) in [5.74, 6) is 3.81. The molecule has 0 unspecified atom stereocenters. The van der Waals surface area contributed by atoms with E-state index in [2.05, 4.69) is 6.92 Å². The van der Waals surface area contributed by atoms with Crippen molar-refractivity contribution >= 4 is 0 Å². The zero-order valence-corrected chi connectivity index (χ0v) is 13.3. The van der Waals surface area contributed by atoms with Gasteiger partial charge in [-0.3, -0.25) is 0 Å². The molecule has 2 aliphatic rings. The minimum atomic E-state index is 0.726. The average molecular weight is 280 g/mol. The average Bonchev–Trinajstić information content (AvgIpc) is 2.52. The van der Waals surface area contributed by atoms with Gasteiger partial charge in [-0.05, 0) is 68.6 Å². The predicted octanol–water partition coefficient (Wildman–Crippen LogP) is 6.66. The third kappa shape index (κ3) is 4.90. The van der Waals surface area contributed by atoms with E-state index in [9.17, 15) is 4.39 Å². The van der Waals surface area contributed by atoms with Gasteiger partial charge in [0.15, 0.2) is 0 Å². The zero-order valence-electron chi connectivity index (χ0n) is 13.3. The van der Waals surface area contributed by atoms with Crippen LogP contribution in [-0.4, -0.2) is 0 Å². The van der Waals surface area contributed by atoms with Gasteiger partial charge in [-0.1, -0.05) is 45.1 Å². The lowest BCUT2D eigenvalue weighted by atomic mass is 9.68. The lowest BCUT2D eigenvalue weighted by Crippen LogP contribution is -2.25. The van der Waals surface area contributed by atoms with Crippen molar-refractivity contribution in [2.75, 3.05) is 0 Å². The highest BCUT2D eigenvalue weighted by Gasteiger charge is 2.30. The predicted molar refractivity (Wildman–Crippen MR) is 85.3 cm³/mol. The first-order chi connectivity index (χ1) is 9.83. The van der Waals surface area contributed by atoms with Gasteiger partial charge >= 0.3 is 0 Å². The Kier molecular flexibility index (Phi) is 7.10. The highest BCUT2D eigenvalue weighted by atomic mass is 19.1. The normalized spacial score (nSPS) is 35.5. The Bertz CT molecular complexity index is 267. The van der Waals surface area contributed by atoms with Gasteiger partial charge in [-0.25, -0.2) is 4.39 Å². The Morgan fingerprint density at radius 3 is 1.90 bits per heavy atom.